The number of aliphatic hydroxyl groups is 1. The highest BCUT2D eigenvalue weighted by Crippen LogP contribution is 2.37. The Kier molecular flexibility index (Phi) is 3.36. The molecule has 0 aromatic carbocycles. The van der Waals surface area contributed by atoms with Gasteiger partial charge in [-0.25, -0.2) is 0 Å². The van der Waals surface area contributed by atoms with Crippen LogP contribution in [0.1, 0.15) is 39.5 Å². The molecule has 2 atom stereocenters. The first-order valence-corrected chi connectivity index (χ1v) is 5.38. The van der Waals surface area contributed by atoms with Crippen LogP contribution in [0.2, 0.25) is 0 Å². The number of hydrogen-bond acceptors (Lipinski definition) is 2. The van der Waals surface area contributed by atoms with Crippen LogP contribution in [0.3, 0.4) is 0 Å². The molecule has 1 rings (SSSR count). The van der Waals surface area contributed by atoms with E-state index < -0.39 is 0 Å². The van der Waals surface area contributed by atoms with Gasteiger partial charge in [-0.3, -0.25) is 0 Å². The maximum atomic E-state index is 10.2. The maximum absolute atomic E-state index is 10.2. The average Bonchev–Trinajstić information content (AvgIpc) is 1.99. The zero-order valence-corrected chi connectivity index (χ0v) is 9.38. The van der Waals surface area contributed by atoms with Gasteiger partial charge in [-0.05, 0) is 46.2 Å². The predicted molar refractivity (Wildman–Crippen MR) is 55.7 cm³/mol. The first-order valence-electron chi connectivity index (χ1n) is 5.38. The average molecular weight is 185 g/mol. The molecule has 13 heavy (non-hydrogen) atoms. The molecule has 0 aromatic rings. The number of likely N-dealkylation sites (N-methyl/N-ethyl adjacent to an activating group) is 1. The normalized spacial score (nSPS) is 25.4. The van der Waals surface area contributed by atoms with Gasteiger partial charge in [-0.2, -0.15) is 0 Å². The molecule has 1 aliphatic carbocycles. The molecule has 0 heterocycles. The van der Waals surface area contributed by atoms with Crippen molar-refractivity contribution < 1.29 is 5.11 Å². The summed E-state index contributed by atoms with van der Waals surface area (Å²) >= 11 is 0. The molecule has 0 saturated heterocycles. The molecule has 0 amide bonds. The van der Waals surface area contributed by atoms with Gasteiger partial charge in [-0.15, -0.1) is 0 Å². The summed E-state index contributed by atoms with van der Waals surface area (Å²) in [6.45, 7) is 4.32. The van der Waals surface area contributed by atoms with E-state index in [1.165, 1.54) is 19.3 Å². The second-order valence-electron chi connectivity index (χ2n) is 4.74. The van der Waals surface area contributed by atoms with E-state index in [1.54, 1.807) is 0 Å². The lowest BCUT2D eigenvalue weighted by molar-refractivity contribution is -0.0549. The van der Waals surface area contributed by atoms with Crippen LogP contribution in [0.25, 0.3) is 0 Å². The highest BCUT2D eigenvalue weighted by molar-refractivity contribution is 4.95. The molecule has 0 bridgehead atoms. The van der Waals surface area contributed by atoms with Gasteiger partial charge < -0.3 is 10.0 Å². The van der Waals surface area contributed by atoms with Crippen LogP contribution >= 0.6 is 0 Å². The molecule has 2 heteroatoms. The van der Waals surface area contributed by atoms with Crippen LogP contribution in [0.15, 0.2) is 0 Å². The SMILES string of the molecule is CCC(C)(C(O)C1CCC1)N(C)C. The van der Waals surface area contributed by atoms with E-state index in [0.717, 1.165) is 6.42 Å². The van der Waals surface area contributed by atoms with E-state index >= 15 is 0 Å². The van der Waals surface area contributed by atoms with Crippen molar-refractivity contribution in [2.24, 2.45) is 5.92 Å². The highest BCUT2D eigenvalue weighted by Gasteiger charge is 2.40. The maximum Gasteiger partial charge on any atom is 0.0748 e. The van der Waals surface area contributed by atoms with Gasteiger partial charge >= 0.3 is 0 Å². The Morgan fingerprint density at radius 2 is 2.00 bits per heavy atom. The fourth-order valence-corrected chi connectivity index (χ4v) is 2.05. The van der Waals surface area contributed by atoms with Gasteiger partial charge in [0.25, 0.3) is 0 Å². The molecule has 1 saturated carbocycles. The van der Waals surface area contributed by atoms with Crippen molar-refractivity contribution in [1.82, 2.24) is 4.90 Å². The van der Waals surface area contributed by atoms with E-state index in [2.05, 4.69) is 32.8 Å². The topological polar surface area (TPSA) is 23.5 Å². The summed E-state index contributed by atoms with van der Waals surface area (Å²) in [6.07, 6.45) is 4.59. The standard InChI is InChI=1S/C11H23NO/c1-5-11(2,12(3)4)10(13)9-7-6-8-9/h9-10,13H,5-8H2,1-4H3. The Hall–Kier alpha value is -0.0800. The van der Waals surface area contributed by atoms with Crippen molar-refractivity contribution in [2.75, 3.05) is 14.1 Å². The molecular formula is C11H23NO. The Morgan fingerprint density at radius 1 is 1.46 bits per heavy atom. The zero-order valence-electron chi connectivity index (χ0n) is 9.38. The van der Waals surface area contributed by atoms with Gasteiger partial charge in [0.15, 0.2) is 0 Å². The molecule has 1 N–H and O–H groups in total. The molecule has 0 aromatic heterocycles. The molecule has 1 aliphatic rings. The minimum absolute atomic E-state index is 0.0366. The number of hydrogen-bond donors (Lipinski definition) is 1. The smallest absolute Gasteiger partial charge is 0.0748 e. The third kappa shape index (κ3) is 1.89. The summed E-state index contributed by atoms with van der Waals surface area (Å²) in [5.74, 6) is 0.548. The Morgan fingerprint density at radius 3 is 2.23 bits per heavy atom. The summed E-state index contributed by atoms with van der Waals surface area (Å²) in [5, 5.41) is 10.2. The second kappa shape index (κ2) is 3.97. The monoisotopic (exact) mass is 185 g/mol. The Balaban J connectivity index is 2.62. The van der Waals surface area contributed by atoms with Gasteiger partial charge in [0.1, 0.15) is 0 Å². The first-order chi connectivity index (χ1) is 6.02. The third-order valence-electron chi connectivity index (χ3n) is 3.97. The first kappa shape index (κ1) is 11.0. The summed E-state index contributed by atoms with van der Waals surface area (Å²) < 4.78 is 0. The van der Waals surface area contributed by atoms with Crippen LogP contribution in [0.4, 0.5) is 0 Å². The van der Waals surface area contributed by atoms with E-state index in [9.17, 15) is 5.11 Å². The van der Waals surface area contributed by atoms with Crippen molar-refractivity contribution in [3.8, 4) is 0 Å². The largest absolute Gasteiger partial charge is 0.391 e. The molecule has 0 spiro atoms. The lowest BCUT2D eigenvalue weighted by atomic mass is 9.72. The van der Waals surface area contributed by atoms with Crippen molar-refractivity contribution in [3.63, 3.8) is 0 Å². The lowest BCUT2D eigenvalue weighted by Gasteiger charge is -2.45. The molecule has 0 aliphatic heterocycles. The number of nitrogens with zero attached hydrogens (tertiary/aromatic N) is 1. The lowest BCUT2D eigenvalue weighted by Crippen LogP contribution is -2.54. The van der Waals surface area contributed by atoms with E-state index in [1.807, 2.05) is 0 Å². The predicted octanol–water partition coefficient (Wildman–Crippen LogP) is 1.88. The van der Waals surface area contributed by atoms with Crippen LogP contribution in [0.5, 0.6) is 0 Å². The molecule has 78 valence electrons. The van der Waals surface area contributed by atoms with Gasteiger partial charge in [0.05, 0.1) is 6.10 Å². The Labute approximate surface area is 81.9 Å². The van der Waals surface area contributed by atoms with Crippen molar-refractivity contribution in [3.05, 3.63) is 0 Å². The quantitative estimate of drug-likeness (QED) is 0.723. The van der Waals surface area contributed by atoms with Crippen molar-refractivity contribution >= 4 is 0 Å². The molecule has 2 nitrogen and oxygen atoms in total. The highest BCUT2D eigenvalue weighted by atomic mass is 16.3. The Bertz CT molecular complexity index is 165. The van der Waals surface area contributed by atoms with Crippen molar-refractivity contribution in [2.45, 2.75) is 51.2 Å². The molecule has 0 radical (unpaired) electrons. The van der Waals surface area contributed by atoms with Crippen molar-refractivity contribution in [1.29, 1.82) is 0 Å². The second-order valence-corrected chi connectivity index (χ2v) is 4.74. The summed E-state index contributed by atoms with van der Waals surface area (Å²) in [4.78, 5) is 2.16. The van der Waals surface area contributed by atoms with E-state index in [-0.39, 0.29) is 11.6 Å². The van der Waals surface area contributed by atoms with Gasteiger partial charge in [-0.1, -0.05) is 13.3 Å². The molecule has 2 unspecified atom stereocenters. The van der Waals surface area contributed by atoms with Crippen LogP contribution < -0.4 is 0 Å². The van der Waals surface area contributed by atoms with E-state index in [0.29, 0.717) is 5.92 Å². The fourth-order valence-electron chi connectivity index (χ4n) is 2.05. The van der Waals surface area contributed by atoms with Crippen LogP contribution in [-0.2, 0) is 0 Å². The summed E-state index contributed by atoms with van der Waals surface area (Å²) in [5.41, 5.74) is -0.0366. The number of aliphatic hydroxyl groups excluding tert-OH is 1. The minimum Gasteiger partial charge on any atom is -0.391 e. The number of rotatable bonds is 4. The van der Waals surface area contributed by atoms with Gasteiger partial charge in [0.2, 0.25) is 0 Å². The zero-order chi connectivity index (χ0) is 10.1. The third-order valence-corrected chi connectivity index (χ3v) is 3.97. The van der Waals surface area contributed by atoms with E-state index in [4.69, 9.17) is 0 Å². The van der Waals surface area contributed by atoms with Gasteiger partial charge in [0, 0.05) is 5.54 Å². The minimum atomic E-state index is -0.152. The fraction of sp³-hybridized carbons (Fsp3) is 1.00. The van der Waals surface area contributed by atoms with Crippen LogP contribution in [0, 0.1) is 5.92 Å². The molecular weight excluding hydrogens is 162 g/mol. The molecule has 1 fully saturated rings. The summed E-state index contributed by atoms with van der Waals surface area (Å²) in [6, 6.07) is 0. The summed E-state index contributed by atoms with van der Waals surface area (Å²) in [7, 11) is 4.12. The van der Waals surface area contributed by atoms with Crippen LogP contribution in [-0.4, -0.2) is 35.7 Å².